The van der Waals surface area contributed by atoms with Crippen LogP contribution < -0.4 is 10.1 Å². The predicted molar refractivity (Wildman–Crippen MR) is 95.4 cm³/mol. The first kappa shape index (κ1) is 19.0. The monoisotopic (exact) mass is 345 g/mol. The highest BCUT2D eigenvalue weighted by molar-refractivity contribution is 5.75. The van der Waals surface area contributed by atoms with Gasteiger partial charge in [-0.15, -0.1) is 0 Å². The van der Waals surface area contributed by atoms with E-state index in [0.29, 0.717) is 44.1 Å². The van der Waals surface area contributed by atoms with E-state index in [0.717, 1.165) is 11.3 Å². The highest BCUT2D eigenvalue weighted by Crippen LogP contribution is 2.19. The third kappa shape index (κ3) is 5.89. The van der Waals surface area contributed by atoms with Crippen LogP contribution in [-0.4, -0.2) is 22.7 Å². The maximum atomic E-state index is 12.0. The number of aryl methyl sites for hydroxylation is 1. The second-order valence-corrected chi connectivity index (χ2v) is 6.93. The van der Waals surface area contributed by atoms with Gasteiger partial charge in [-0.1, -0.05) is 44.1 Å². The molecular weight excluding hydrogens is 318 g/mol. The largest absolute Gasteiger partial charge is 0.494 e. The Labute approximate surface area is 149 Å². The van der Waals surface area contributed by atoms with Gasteiger partial charge in [0.15, 0.2) is 5.82 Å². The summed E-state index contributed by atoms with van der Waals surface area (Å²) < 4.78 is 10.8. The molecular formula is C19H27N3O3. The lowest BCUT2D eigenvalue weighted by Gasteiger charge is -2.11. The molecule has 1 amide bonds. The molecule has 1 aromatic carbocycles. The number of para-hydroxylation sites is 1. The normalized spacial score (nSPS) is 11.4. The Hall–Kier alpha value is -2.37. The molecule has 0 saturated heterocycles. The van der Waals surface area contributed by atoms with Crippen LogP contribution in [0.25, 0.3) is 0 Å². The summed E-state index contributed by atoms with van der Waals surface area (Å²) in [7, 11) is 0. The molecule has 1 aromatic heterocycles. The maximum Gasteiger partial charge on any atom is 0.226 e. The molecule has 6 nitrogen and oxygen atoms in total. The van der Waals surface area contributed by atoms with Crippen molar-refractivity contribution in [3.63, 3.8) is 0 Å². The van der Waals surface area contributed by atoms with Crippen LogP contribution in [0.2, 0.25) is 0 Å². The first-order valence-electron chi connectivity index (χ1n) is 8.70. The highest BCUT2D eigenvalue weighted by Gasteiger charge is 2.20. The lowest BCUT2D eigenvalue weighted by molar-refractivity contribution is -0.121. The van der Waals surface area contributed by atoms with E-state index < -0.39 is 0 Å². The molecule has 0 aliphatic heterocycles. The van der Waals surface area contributed by atoms with Crippen molar-refractivity contribution in [1.82, 2.24) is 15.5 Å². The summed E-state index contributed by atoms with van der Waals surface area (Å²) in [4.78, 5) is 16.4. The molecule has 136 valence electrons. The Balaban J connectivity index is 1.75. The lowest BCUT2D eigenvalue weighted by atomic mass is 9.96. The van der Waals surface area contributed by atoms with Gasteiger partial charge in [0.05, 0.1) is 6.61 Å². The van der Waals surface area contributed by atoms with Crippen LogP contribution in [0.3, 0.4) is 0 Å². The standard InChI is InChI=1S/C19H27N3O3/c1-5-24-15-10-7-6-9-14(15)13-20-16(23)11-8-12-17-21-18(22-25-17)19(2,3)4/h6-7,9-10H,5,8,11-13H2,1-4H3,(H,20,23). The molecule has 1 N–H and O–H groups in total. The number of carbonyl (C=O) groups is 1. The van der Waals surface area contributed by atoms with E-state index in [1.807, 2.05) is 52.0 Å². The summed E-state index contributed by atoms with van der Waals surface area (Å²) in [5.74, 6) is 2.09. The van der Waals surface area contributed by atoms with Gasteiger partial charge in [-0.3, -0.25) is 4.79 Å². The number of amides is 1. The van der Waals surface area contributed by atoms with Crippen molar-refractivity contribution in [3.8, 4) is 5.75 Å². The van der Waals surface area contributed by atoms with Crippen LogP contribution in [0, 0.1) is 0 Å². The molecule has 0 aliphatic carbocycles. The molecule has 0 unspecified atom stereocenters. The van der Waals surface area contributed by atoms with E-state index in [1.54, 1.807) is 0 Å². The second-order valence-electron chi connectivity index (χ2n) is 6.93. The molecule has 25 heavy (non-hydrogen) atoms. The number of nitrogens with zero attached hydrogens (tertiary/aromatic N) is 2. The fourth-order valence-corrected chi connectivity index (χ4v) is 2.29. The van der Waals surface area contributed by atoms with E-state index in [9.17, 15) is 4.79 Å². The van der Waals surface area contributed by atoms with Crippen LogP contribution in [0.4, 0.5) is 0 Å². The van der Waals surface area contributed by atoms with E-state index >= 15 is 0 Å². The molecule has 0 spiro atoms. The molecule has 2 rings (SSSR count). The van der Waals surface area contributed by atoms with Gasteiger partial charge in [0.1, 0.15) is 5.75 Å². The summed E-state index contributed by atoms with van der Waals surface area (Å²) in [6, 6.07) is 7.73. The van der Waals surface area contributed by atoms with Crippen LogP contribution in [0.1, 0.15) is 57.8 Å². The van der Waals surface area contributed by atoms with Gasteiger partial charge < -0.3 is 14.6 Å². The van der Waals surface area contributed by atoms with E-state index in [1.165, 1.54) is 0 Å². The third-order valence-electron chi connectivity index (χ3n) is 3.68. The fourth-order valence-electron chi connectivity index (χ4n) is 2.29. The van der Waals surface area contributed by atoms with Gasteiger partial charge in [-0.25, -0.2) is 0 Å². The molecule has 0 saturated carbocycles. The SMILES string of the molecule is CCOc1ccccc1CNC(=O)CCCc1nc(C(C)(C)C)no1. The Bertz CT molecular complexity index is 689. The summed E-state index contributed by atoms with van der Waals surface area (Å²) >= 11 is 0. The number of hydrogen-bond acceptors (Lipinski definition) is 5. The maximum absolute atomic E-state index is 12.0. The van der Waals surface area contributed by atoms with Gasteiger partial charge in [0.25, 0.3) is 0 Å². The van der Waals surface area contributed by atoms with Crippen molar-refractivity contribution in [2.45, 2.75) is 58.9 Å². The highest BCUT2D eigenvalue weighted by atomic mass is 16.5. The van der Waals surface area contributed by atoms with E-state index in [-0.39, 0.29) is 11.3 Å². The smallest absolute Gasteiger partial charge is 0.226 e. The summed E-state index contributed by atoms with van der Waals surface area (Å²) in [5.41, 5.74) is 0.844. The van der Waals surface area contributed by atoms with Crippen LogP contribution in [0.15, 0.2) is 28.8 Å². The Morgan fingerprint density at radius 3 is 2.72 bits per heavy atom. The zero-order valence-electron chi connectivity index (χ0n) is 15.5. The molecule has 1 heterocycles. The molecule has 2 aromatic rings. The molecule has 0 aliphatic rings. The van der Waals surface area contributed by atoms with Gasteiger partial charge in [-0.05, 0) is 19.4 Å². The second kappa shape index (κ2) is 8.65. The quantitative estimate of drug-likeness (QED) is 0.793. The number of carbonyl (C=O) groups excluding carboxylic acids is 1. The average molecular weight is 345 g/mol. The third-order valence-corrected chi connectivity index (χ3v) is 3.68. The number of rotatable bonds is 8. The average Bonchev–Trinajstić information content (AvgIpc) is 3.03. The molecule has 0 atom stereocenters. The van der Waals surface area contributed by atoms with Crippen LogP contribution >= 0.6 is 0 Å². The van der Waals surface area contributed by atoms with Crippen molar-refractivity contribution >= 4 is 5.91 Å². The Morgan fingerprint density at radius 1 is 1.28 bits per heavy atom. The first-order chi connectivity index (χ1) is 11.9. The van der Waals surface area contributed by atoms with Crippen molar-refractivity contribution in [2.75, 3.05) is 6.61 Å². The predicted octanol–water partition coefficient (Wildman–Crippen LogP) is 3.40. The summed E-state index contributed by atoms with van der Waals surface area (Å²) in [5, 5.41) is 6.92. The Kier molecular flexibility index (Phi) is 6.56. The van der Waals surface area contributed by atoms with Gasteiger partial charge in [-0.2, -0.15) is 4.98 Å². The van der Waals surface area contributed by atoms with Crippen LogP contribution in [-0.2, 0) is 23.2 Å². The minimum atomic E-state index is -0.132. The minimum absolute atomic E-state index is 0.00172. The lowest BCUT2D eigenvalue weighted by Crippen LogP contribution is -2.22. The number of hydrogen-bond donors (Lipinski definition) is 1. The number of aromatic nitrogens is 2. The fraction of sp³-hybridized carbons (Fsp3) is 0.526. The van der Waals surface area contributed by atoms with E-state index in [2.05, 4.69) is 15.5 Å². The number of ether oxygens (including phenoxy) is 1. The molecule has 6 heteroatoms. The van der Waals surface area contributed by atoms with Crippen LogP contribution in [0.5, 0.6) is 5.75 Å². The summed E-state index contributed by atoms with van der Waals surface area (Å²) in [6.45, 7) is 9.12. The number of benzene rings is 1. The van der Waals surface area contributed by atoms with Gasteiger partial charge in [0.2, 0.25) is 11.8 Å². The van der Waals surface area contributed by atoms with Gasteiger partial charge in [0, 0.05) is 30.4 Å². The summed E-state index contributed by atoms with van der Waals surface area (Å²) in [6.07, 6.45) is 1.70. The molecule has 0 fully saturated rings. The van der Waals surface area contributed by atoms with Crippen molar-refractivity contribution < 1.29 is 14.1 Å². The van der Waals surface area contributed by atoms with Gasteiger partial charge >= 0.3 is 0 Å². The zero-order chi connectivity index (χ0) is 18.3. The topological polar surface area (TPSA) is 77.2 Å². The first-order valence-corrected chi connectivity index (χ1v) is 8.70. The number of nitrogens with one attached hydrogen (secondary N) is 1. The minimum Gasteiger partial charge on any atom is -0.494 e. The van der Waals surface area contributed by atoms with Crippen molar-refractivity contribution in [3.05, 3.63) is 41.5 Å². The zero-order valence-corrected chi connectivity index (χ0v) is 15.5. The van der Waals surface area contributed by atoms with Crippen molar-refractivity contribution in [1.29, 1.82) is 0 Å². The van der Waals surface area contributed by atoms with Crippen molar-refractivity contribution in [2.24, 2.45) is 0 Å². The van der Waals surface area contributed by atoms with E-state index in [4.69, 9.17) is 9.26 Å². The molecule has 0 radical (unpaired) electrons. The Morgan fingerprint density at radius 2 is 2.04 bits per heavy atom. The molecule has 0 bridgehead atoms.